The lowest BCUT2D eigenvalue weighted by molar-refractivity contribution is -0.141. The number of amides is 1. The van der Waals surface area contributed by atoms with E-state index >= 15 is 0 Å². The highest BCUT2D eigenvalue weighted by atomic mass is 16.4. The van der Waals surface area contributed by atoms with Gasteiger partial charge in [0.2, 0.25) is 5.91 Å². The molecular formula is C16H18N2O3. The first-order valence-corrected chi connectivity index (χ1v) is 6.64. The lowest BCUT2D eigenvalue weighted by Crippen LogP contribution is -2.40. The molecule has 1 atom stereocenters. The van der Waals surface area contributed by atoms with Crippen LogP contribution in [0.3, 0.4) is 0 Å². The molecule has 1 amide bonds. The van der Waals surface area contributed by atoms with Crippen LogP contribution in [0.15, 0.2) is 30.3 Å². The second-order valence-electron chi connectivity index (χ2n) is 5.10. The van der Waals surface area contributed by atoms with Gasteiger partial charge >= 0.3 is 5.97 Å². The minimum absolute atomic E-state index is 0.175. The van der Waals surface area contributed by atoms with E-state index in [2.05, 4.69) is 5.32 Å². The molecule has 0 heterocycles. The Morgan fingerprint density at radius 1 is 1.33 bits per heavy atom. The van der Waals surface area contributed by atoms with Crippen molar-refractivity contribution in [1.82, 2.24) is 5.32 Å². The van der Waals surface area contributed by atoms with Crippen molar-refractivity contribution in [2.45, 2.75) is 26.3 Å². The van der Waals surface area contributed by atoms with Gasteiger partial charge in [0, 0.05) is 6.08 Å². The lowest BCUT2D eigenvalue weighted by Gasteiger charge is -2.15. The van der Waals surface area contributed by atoms with Crippen molar-refractivity contribution in [3.05, 3.63) is 41.5 Å². The molecule has 0 saturated carbocycles. The van der Waals surface area contributed by atoms with E-state index in [0.29, 0.717) is 12.0 Å². The molecule has 1 aromatic carbocycles. The smallest absolute Gasteiger partial charge is 0.326 e. The van der Waals surface area contributed by atoms with Gasteiger partial charge < -0.3 is 10.4 Å². The third kappa shape index (κ3) is 5.91. The Bertz CT molecular complexity index is 568. The molecule has 0 radical (unpaired) electrons. The summed E-state index contributed by atoms with van der Waals surface area (Å²) in [6.45, 7) is 3.80. The number of carboxylic acid groups (broad SMARTS) is 1. The van der Waals surface area contributed by atoms with E-state index in [-0.39, 0.29) is 5.92 Å². The number of nitrogens with one attached hydrogen (secondary N) is 1. The van der Waals surface area contributed by atoms with Crippen molar-refractivity contribution in [2.24, 2.45) is 5.92 Å². The van der Waals surface area contributed by atoms with Gasteiger partial charge in [0.15, 0.2) is 0 Å². The molecule has 0 aromatic heterocycles. The van der Waals surface area contributed by atoms with Gasteiger partial charge in [-0.2, -0.15) is 5.26 Å². The number of hydrogen-bond acceptors (Lipinski definition) is 3. The van der Waals surface area contributed by atoms with Gasteiger partial charge in [0.25, 0.3) is 0 Å². The molecule has 0 aliphatic heterocycles. The normalized spacial score (nSPS) is 12.1. The summed E-state index contributed by atoms with van der Waals surface area (Å²) in [5.74, 6) is -1.31. The van der Waals surface area contributed by atoms with Crippen LogP contribution in [0.25, 0.3) is 6.08 Å². The second-order valence-corrected chi connectivity index (χ2v) is 5.10. The zero-order chi connectivity index (χ0) is 15.8. The Balaban J connectivity index is 2.64. The van der Waals surface area contributed by atoms with E-state index in [0.717, 1.165) is 5.56 Å². The molecule has 0 spiro atoms. The predicted octanol–water partition coefficient (Wildman–Crippen LogP) is 2.19. The topological polar surface area (TPSA) is 90.2 Å². The lowest BCUT2D eigenvalue weighted by atomic mass is 10.0. The fraction of sp³-hybridized carbons (Fsp3) is 0.312. The number of benzene rings is 1. The molecule has 0 bridgehead atoms. The Labute approximate surface area is 123 Å². The molecule has 1 aromatic rings. The van der Waals surface area contributed by atoms with Crippen LogP contribution in [0.1, 0.15) is 31.4 Å². The summed E-state index contributed by atoms with van der Waals surface area (Å²) < 4.78 is 0. The van der Waals surface area contributed by atoms with Crippen molar-refractivity contribution >= 4 is 18.0 Å². The van der Waals surface area contributed by atoms with Gasteiger partial charge in [-0.25, -0.2) is 4.79 Å². The van der Waals surface area contributed by atoms with Crippen molar-refractivity contribution in [3.63, 3.8) is 0 Å². The molecule has 21 heavy (non-hydrogen) atoms. The van der Waals surface area contributed by atoms with Crippen molar-refractivity contribution in [3.8, 4) is 6.07 Å². The molecule has 0 fully saturated rings. The standard InChI is InChI=1S/C16H18N2O3/c1-11(2)9-14(16(20)21)18-15(19)8-7-12-3-5-13(10-17)6-4-12/h3-8,11,14H,9H2,1-2H3,(H,18,19)(H,20,21)/t14-/m1/s1. The predicted molar refractivity (Wildman–Crippen MR) is 79.2 cm³/mol. The molecule has 5 nitrogen and oxygen atoms in total. The zero-order valence-corrected chi connectivity index (χ0v) is 12.0. The van der Waals surface area contributed by atoms with Crippen LogP contribution in [0.2, 0.25) is 0 Å². The van der Waals surface area contributed by atoms with E-state index in [1.807, 2.05) is 19.9 Å². The Morgan fingerprint density at radius 2 is 1.95 bits per heavy atom. The third-order valence-corrected chi connectivity index (χ3v) is 2.79. The first-order chi connectivity index (χ1) is 9.92. The molecule has 0 saturated heterocycles. The first kappa shape index (κ1) is 16.4. The monoisotopic (exact) mass is 286 g/mol. The van der Waals surface area contributed by atoms with Crippen molar-refractivity contribution in [2.75, 3.05) is 0 Å². The van der Waals surface area contributed by atoms with Crippen LogP contribution >= 0.6 is 0 Å². The van der Waals surface area contributed by atoms with Crippen LogP contribution in [0.4, 0.5) is 0 Å². The first-order valence-electron chi connectivity index (χ1n) is 6.64. The highest BCUT2D eigenvalue weighted by molar-refractivity contribution is 5.94. The molecule has 5 heteroatoms. The number of carboxylic acids is 1. The summed E-state index contributed by atoms with van der Waals surface area (Å²) in [5, 5.41) is 20.2. The molecule has 0 unspecified atom stereocenters. The highest BCUT2D eigenvalue weighted by Crippen LogP contribution is 2.07. The van der Waals surface area contributed by atoms with E-state index < -0.39 is 17.9 Å². The highest BCUT2D eigenvalue weighted by Gasteiger charge is 2.19. The summed E-state index contributed by atoms with van der Waals surface area (Å²) in [7, 11) is 0. The maximum Gasteiger partial charge on any atom is 0.326 e. The molecule has 2 N–H and O–H groups in total. The van der Waals surface area contributed by atoms with E-state index in [1.54, 1.807) is 30.3 Å². The SMILES string of the molecule is CC(C)C[C@@H](NC(=O)C=Cc1ccc(C#N)cc1)C(=O)O. The number of carbonyl (C=O) groups excluding carboxylic acids is 1. The average Bonchev–Trinajstić information content (AvgIpc) is 2.44. The fourth-order valence-corrected chi connectivity index (χ4v) is 1.75. The maximum absolute atomic E-state index is 11.7. The van der Waals surface area contributed by atoms with Gasteiger partial charge in [-0.15, -0.1) is 0 Å². The average molecular weight is 286 g/mol. The molecule has 1 rings (SSSR count). The van der Waals surface area contributed by atoms with E-state index in [9.17, 15) is 9.59 Å². The quantitative estimate of drug-likeness (QED) is 0.784. The largest absolute Gasteiger partial charge is 0.480 e. The third-order valence-electron chi connectivity index (χ3n) is 2.79. The number of aliphatic carboxylic acids is 1. The summed E-state index contributed by atoms with van der Waals surface area (Å²) in [5.41, 5.74) is 1.30. The number of nitriles is 1. The van der Waals surface area contributed by atoms with Gasteiger partial charge in [0.05, 0.1) is 11.6 Å². The summed E-state index contributed by atoms with van der Waals surface area (Å²) in [6.07, 6.45) is 3.24. The number of hydrogen-bond donors (Lipinski definition) is 2. The minimum atomic E-state index is -1.04. The van der Waals surface area contributed by atoms with Crippen LogP contribution in [-0.4, -0.2) is 23.0 Å². The summed E-state index contributed by atoms with van der Waals surface area (Å²) >= 11 is 0. The van der Waals surface area contributed by atoms with Crippen LogP contribution in [-0.2, 0) is 9.59 Å². The van der Waals surface area contributed by atoms with Crippen LogP contribution in [0, 0.1) is 17.2 Å². The fourth-order valence-electron chi connectivity index (χ4n) is 1.75. The van der Waals surface area contributed by atoms with E-state index in [4.69, 9.17) is 10.4 Å². The van der Waals surface area contributed by atoms with Crippen molar-refractivity contribution < 1.29 is 14.7 Å². The number of carbonyl (C=O) groups is 2. The van der Waals surface area contributed by atoms with Crippen LogP contribution < -0.4 is 5.32 Å². The van der Waals surface area contributed by atoms with Crippen molar-refractivity contribution in [1.29, 1.82) is 5.26 Å². The second kappa shape index (κ2) is 7.85. The maximum atomic E-state index is 11.7. The Morgan fingerprint density at radius 3 is 2.43 bits per heavy atom. The summed E-state index contributed by atoms with van der Waals surface area (Å²) in [6, 6.07) is 7.85. The van der Waals surface area contributed by atoms with E-state index in [1.165, 1.54) is 6.08 Å². The van der Waals surface area contributed by atoms with Crippen LogP contribution in [0.5, 0.6) is 0 Å². The Hall–Kier alpha value is -2.61. The molecule has 0 aliphatic carbocycles. The van der Waals surface area contributed by atoms with Gasteiger partial charge in [-0.3, -0.25) is 4.79 Å². The summed E-state index contributed by atoms with van der Waals surface area (Å²) in [4.78, 5) is 22.8. The molecule has 110 valence electrons. The van der Waals surface area contributed by atoms with Gasteiger partial charge in [-0.05, 0) is 36.1 Å². The molecular weight excluding hydrogens is 268 g/mol. The molecule has 0 aliphatic rings. The van der Waals surface area contributed by atoms with Gasteiger partial charge in [-0.1, -0.05) is 26.0 Å². The Kier molecular flexibility index (Phi) is 6.15. The number of rotatable bonds is 6. The minimum Gasteiger partial charge on any atom is -0.480 e. The van der Waals surface area contributed by atoms with Gasteiger partial charge in [0.1, 0.15) is 6.04 Å². The number of nitrogens with zero attached hydrogens (tertiary/aromatic N) is 1. The zero-order valence-electron chi connectivity index (χ0n) is 12.0.